The number of carbonyl (C=O) groups is 2. The van der Waals surface area contributed by atoms with Crippen molar-refractivity contribution < 1.29 is 14.3 Å². The summed E-state index contributed by atoms with van der Waals surface area (Å²) in [6.07, 6.45) is 6.38. The van der Waals surface area contributed by atoms with Crippen molar-refractivity contribution in [1.29, 1.82) is 0 Å². The van der Waals surface area contributed by atoms with Crippen molar-refractivity contribution in [3.63, 3.8) is 0 Å². The fraction of sp³-hybridized carbons (Fsp3) is 0.619. The molecule has 1 aliphatic heterocycles. The van der Waals surface area contributed by atoms with Crippen LogP contribution in [0, 0.1) is 11.8 Å². The van der Waals surface area contributed by atoms with Gasteiger partial charge in [-0.1, -0.05) is 19.3 Å². The molecule has 27 heavy (non-hydrogen) atoms. The molecule has 6 heteroatoms. The lowest BCUT2D eigenvalue weighted by molar-refractivity contribution is -0.135. The highest BCUT2D eigenvalue weighted by Gasteiger charge is 2.33. The molecule has 0 radical (unpaired) electrons. The first-order valence-corrected chi connectivity index (χ1v) is 9.95. The number of likely N-dealkylation sites (N-methyl/N-ethyl adjacent to an activating group) is 1. The number of methoxy groups -OCH3 is 1. The summed E-state index contributed by atoms with van der Waals surface area (Å²) in [6, 6.07) is 7.21. The zero-order valence-corrected chi connectivity index (χ0v) is 16.4. The molecule has 0 aromatic heterocycles. The second-order valence-electron chi connectivity index (χ2n) is 7.88. The third kappa shape index (κ3) is 5.45. The van der Waals surface area contributed by atoms with Crippen molar-refractivity contribution in [3.8, 4) is 5.75 Å². The molecule has 2 amide bonds. The predicted molar refractivity (Wildman–Crippen MR) is 106 cm³/mol. The van der Waals surface area contributed by atoms with Gasteiger partial charge in [0.05, 0.1) is 20.2 Å². The quantitative estimate of drug-likeness (QED) is 0.833. The number of benzene rings is 1. The molecule has 1 aliphatic carbocycles. The topological polar surface area (TPSA) is 61.9 Å². The van der Waals surface area contributed by atoms with Crippen molar-refractivity contribution >= 4 is 17.5 Å². The highest BCUT2D eigenvalue weighted by molar-refractivity contribution is 5.92. The number of ether oxygens (including phenoxy) is 1. The van der Waals surface area contributed by atoms with Crippen LogP contribution in [0.1, 0.15) is 32.1 Å². The Morgan fingerprint density at radius 2 is 1.81 bits per heavy atom. The Kier molecular flexibility index (Phi) is 6.72. The number of amides is 2. The summed E-state index contributed by atoms with van der Waals surface area (Å²) in [5.74, 6) is 2.26. The van der Waals surface area contributed by atoms with Crippen LogP contribution in [0.2, 0.25) is 0 Å². The van der Waals surface area contributed by atoms with Crippen LogP contribution in [0.15, 0.2) is 24.3 Å². The van der Waals surface area contributed by atoms with Gasteiger partial charge in [-0.2, -0.15) is 0 Å². The molecule has 0 bridgehead atoms. The molecule has 6 nitrogen and oxygen atoms in total. The van der Waals surface area contributed by atoms with Crippen LogP contribution in [0.3, 0.4) is 0 Å². The van der Waals surface area contributed by atoms with E-state index in [-0.39, 0.29) is 24.9 Å². The Morgan fingerprint density at radius 3 is 2.52 bits per heavy atom. The fourth-order valence-corrected chi connectivity index (χ4v) is 4.33. The maximum absolute atomic E-state index is 12.6. The second kappa shape index (κ2) is 9.22. The lowest BCUT2D eigenvalue weighted by Crippen LogP contribution is -2.48. The van der Waals surface area contributed by atoms with E-state index in [4.69, 9.17) is 4.74 Å². The number of nitrogens with one attached hydrogen (secondary N) is 1. The number of hydrogen-bond donors (Lipinski definition) is 1. The molecule has 148 valence electrons. The zero-order valence-electron chi connectivity index (χ0n) is 16.4. The average Bonchev–Trinajstić information content (AvgIpc) is 2.68. The number of anilines is 1. The largest absolute Gasteiger partial charge is 0.497 e. The van der Waals surface area contributed by atoms with Crippen LogP contribution < -0.4 is 10.1 Å². The maximum Gasteiger partial charge on any atom is 0.238 e. The number of rotatable bonds is 6. The van der Waals surface area contributed by atoms with Crippen molar-refractivity contribution in [2.75, 3.05) is 45.7 Å². The Hall–Kier alpha value is -2.08. The van der Waals surface area contributed by atoms with Crippen LogP contribution in [0.25, 0.3) is 0 Å². The van der Waals surface area contributed by atoms with Crippen molar-refractivity contribution in [2.45, 2.75) is 32.1 Å². The van der Waals surface area contributed by atoms with E-state index < -0.39 is 0 Å². The van der Waals surface area contributed by atoms with E-state index in [9.17, 15) is 9.59 Å². The Bertz CT molecular complexity index is 647. The van der Waals surface area contributed by atoms with Crippen molar-refractivity contribution in [3.05, 3.63) is 24.3 Å². The lowest BCUT2D eigenvalue weighted by Gasteiger charge is -2.41. The molecule has 1 saturated heterocycles. The molecular weight excluding hydrogens is 342 g/mol. The minimum atomic E-state index is -0.124. The van der Waals surface area contributed by atoms with Crippen molar-refractivity contribution in [2.24, 2.45) is 11.8 Å². The minimum Gasteiger partial charge on any atom is -0.497 e. The smallest absolute Gasteiger partial charge is 0.238 e. The van der Waals surface area contributed by atoms with Crippen LogP contribution in [-0.4, -0.2) is 62.0 Å². The van der Waals surface area contributed by atoms with Gasteiger partial charge in [-0.3, -0.25) is 14.5 Å². The zero-order chi connectivity index (χ0) is 19.2. The van der Waals surface area contributed by atoms with Gasteiger partial charge in [-0.15, -0.1) is 0 Å². The number of carbonyl (C=O) groups excluding carboxylic acids is 2. The molecule has 3 rings (SSSR count). The first kappa shape index (κ1) is 19.7. The molecule has 0 unspecified atom stereocenters. The van der Waals surface area contributed by atoms with Gasteiger partial charge in [-0.25, -0.2) is 0 Å². The molecule has 1 aromatic rings. The van der Waals surface area contributed by atoms with E-state index in [1.807, 2.05) is 11.9 Å². The molecule has 2 atom stereocenters. The van der Waals surface area contributed by atoms with E-state index in [1.54, 1.807) is 36.3 Å². The number of nitrogens with zero attached hydrogens (tertiary/aromatic N) is 2. The molecule has 1 saturated carbocycles. The van der Waals surface area contributed by atoms with Crippen LogP contribution in [0.5, 0.6) is 5.75 Å². The summed E-state index contributed by atoms with van der Waals surface area (Å²) in [5, 5.41) is 2.85. The second-order valence-corrected chi connectivity index (χ2v) is 7.88. The van der Waals surface area contributed by atoms with Gasteiger partial charge in [0.2, 0.25) is 11.8 Å². The third-order valence-electron chi connectivity index (χ3n) is 5.84. The van der Waals surface area contributed by atoms with Gasteiger partial charge in [-0.05, 0) is 56.0 Å². The monoisotopic (exact) mass is 373 g/mol. The Balaban J connectivity index is 1.43. The maximum atomic E-state index is 12.6. The molecule has 2 fully saturated rings. The van der Waals surface area contributed by atoms with E-state index in [0.29, 0.717) is 5.92 Å². The van der Waals surface area contributed by atoms with Crippen LogP contribution >= 0.6 is 0 Å². The summed E-state index contributed by atoms with van der Waals surface area (Å²) in [4.78, 5) is 28.6. The molecule has 0 spiro atoms. The van der Waals surface area contributed by atoms with Gasteiger partial charge in [0.1, 0.15) is 5.75 Å². The number of piperidine rings is 1. The van der Waals surface area contributed by atoms with E-state index in [0.717, 1.165) is 36.9 Å². The Labute approximate surface area is 161 Å². The first-order chi connectivity index (χ1) is 13.0. The SMILES string of the molecule is COc1ccc(NC(=O)CN(C)CC(=O)N2CC[C@H]3CCCC[C@@H]3C2)cc1. The van der Waals surface area contributed by atoms with Gasteiger partial charge < -0.3 is 15.0 Å². The minimum absolute atomic E-state index is 0.124. The van der Waals surface area contributed by atoms with Crippen LogP contribution in [-0.2, 0) is 9.59 Å². The Morgan fingerprint density at radius 1 is 1.11 bits per heavy atom. The summed E-state index contributed by atoms with van der Waals surface area (Å²) >= 11 is 0. The number of hydrogen-bond acceptors (Lipinski definition) is 4. The average molecular weight is 373 g/mol. The molecule has 1 aromatic carbocycles. The van der Waals surface area contributed by atoms with E-state index in [2.05, 4.69) is 5.32 Å². The first-order valence-electron chi connectivity index (χ1n) is 9.95. The summed E-state index contributed by atoms with van der Waals surface area (Å²) in [5.41, 5.74) is 0.722. The van der Waals surface area contributed by atoms with Crippen LogP contribution in [0.4, 0.5) is 5.69 Å². The summed E-state index contributed by atoms with van der Waals surface area (Å²) in [7, 11) is 3.43. The summed E-state index contributed by atoms with van der Waals surface area (Å²) < 4.78 is 5.11. The van der Waals surface area contributed by atoms with Gasteiger partial charge >= 0.3 is 0 Å². The standard InChI is InChI=1S/C21H31N3O3/c1-23(14-20(25)22-18-7-9-19(27-2)10-8-18)15-21(26)24-12-11-16-5-3-4-6-17(16)13-24/h7-10,16-17H,3-6,11-15H2,1-2H3,(H,22,25)/t16-,17-/m1/s1. The third-order valence-corrected chi connectivity index (χ3v) is 5.84. The van der Waals surface area contributed by atoms with Gasteiger partial charge in [0.25, 0.3) is 0 Å². The van der Waals surface area contributed by atoms with Gasteiger partial charge in [0, 0.05) is 18.8 Å². The molecule has 1 heterocycles. The fourth-order valence-electron chi connectivity index (χ4n) is 4.33. The molecule has 1 N–H and O–H groups in total. The number of likely N-dealkylation sites (tertiary alicyclic amines) is 1. The lowest BCUT2D eigenvalue weighted by atomic mass is 9.75. The van der Waals surface area contributed by atoms with E-state index in [1.165, 1.54) is 25.7 Å². The highest BCUT2D eigenvalue weighted by Crippen LogP contribution is 2.36. The molecular formula is C21H31N3O3. The summed E-state index contributed by atoms with van der Waals surface area (Å²) in [6.45, 7) is 2.24. The van der Waals surface area contributed by atoms with Crippen molar-refractivity contribution in [1.82, 2.24) is 9.80 Å². The van der Waals surface area contributed by atoms with Gasteiger partial charge in [0.15, 0.2) is 0 Å². The predicted octanol–water partition coefficient (Wildman–Crippen LogP) is 2.60. The van der Waals surface area contributed by atoms with E-state index >= 15 is 0 Å². The highest BCUT2D eigenvalue weighted by atomic mass is 16.5. The normalized spacial score (nSPS) is 22.3. The number of fused-ring (bicyclic) bond motifs is 1. The molecule has 2 aliphatic rings.